The summed E-state index contributed by atoms with van der Waals surface area (Å²) in [6.07, 6.45) is 5.56. The van der Waals surface area contributed by atoms with Gasteiger partial charge in [-0.05, 0) is 19.1 Å². The van der Waals surface area contributed by atoms with Crippen LogP contribution in [0.4, 0.5) is 5.82 Å². The number of rotatable bonds is 6. The van der Waals surface area contributed by atoms with Crippen LogP contribution in [0.1, 0.15) is 26.7 Å². The molecule has 0 aliphatic rings. The van der Waals surface area contributed by atoms with E-state index in [9.17, 15) is 4.79 Å². The average Bonchev–Trinajstić information content (AvgIpc) is 2.36. The molecule has 0 aliphatic heterocycles. The van der Waals surface area contributed by atoms with Crippen LogP contribution in [-0.4, -0.2) is 27.5 Å². The molecule has 0 saturated carbocycles. The highest BCUT2D eigenvalue weighted by molar-refractivity contribution is 8.00. The van der Waals surface area contributed by atoms with Crippen LogP contribution in [0, 0.1) is 0 Å². The fraction of sp³-hybridized carbons (Fsp3) is 0.636. The van der Waals surface area contributed by atoms with Crippen molar-refractivity contribution in [2.45, 2.75) is 31.4 Å². The predicted molar refractivity (Wildman–Crippen MR) is 75.2 cm³/mol. The zero-order valence-electron chi connectivity index (χ0n) is 10.3. The van der Waals surface area contributed by atoms with Gasteiger partial charge in [-0.3, -0.25) is 4.79 Å². The maximum absolute atomic E-state index is 11.3. The molecule has 0 amide bonds. The van der Waals surface area contributed by atoms with Crippen molar-refractivity contribution in [3.63, 3.8) is 0 Å². The third kappa shape index (κ3) is 3.39. The van der Waals surface area contributed by atoms with E-state index in [0.717, 1.165) is 19.4 Å². The van der Waals surface area contributed by atoms with Crippen LogP contribution in [0.3, 0.4) is 0 Å². The van der Waals surface area contributed by atoms with Crippen LogP contribution < -0.4 is 10.9 Å². The van der Waals surface area contributed by atoms with Crippen molar-refractivity contribution in [3.8, 4) is 0 Å². The van der Waals surface area contributed by atoms with Crippen LogP contribution in [0.2, 0.25) is 5.02 Å². The smallest absolute Gasteiger partial charge is 0.271 e. The minimum absolute atomic E-state index is 0.120. The van der Waals surface area contributed by atoms with Crippen molar-refractivity contribution in [1.29, 1.82) is 0 Å². The lowest BCUT2D eigenvalue weighted by molar-refractivity contribution is 0.574. The molecule has 0 bridgehead atoms. The monoisotopic (exact) mass is 275 g/mol. The van der Waals surface area contributed by atoms with Crippen LogP contribution in [0.25, 0.3) is 0 Å². The summed E-state index contributed by atoms with van der Waals surface area (Å²) in [5, 5.41) is 3.28. The van der Waals surface area contributed by atoms with E-state index in [1.807, 2.05) is 11.8 Å². The number of H-pyrrole nitrogens is 1. The van der Waals surface area contributed by atoms with E-state index >= 15 is 0 Å². The van der Waals surface area contributed by atoms with Crippen molar-refractivity contribution < 1.29 is 0 Å². The van der Waals surface area contributed by atoms with E-state index in [2.05, 4.69) is 35.4 Å². The molecule has 0 aromatic carbocycles. The fourth-order valence-corrected chi connectivity index (χ4v) is 2.58. The molecule has 1 aromatic heterocycles. The lowest BCUT2D eigenvalue weighted by atomic mass is 10.0. The molecule has 1 rings (SSSR count). The summed E-state index contributed by atoms with van der Waals surface area (Å²) < 4.78 is 0.160. The lowest BCUT2D eigenvalue weighted by Crippen LogP contribution is -2.32. The van der Waals surface area contributed by atoms with E-state index in [0.29, 0.717) is 5.82 Å². The molecule has 1 aromatic rings. The number of aromatic amines is 1. The Hall–Kier alpha value is -0.680. The van der Waals surface area contributed by atoms with Gasteiger partial charge in [0, 0.05) is 11.3 Å². The highest BCUT2D eigenvalue weighted by atomic mass is 35.5. The second kappa shape index (κ2) is 6.31. The zero-order chi connectivity index (χ0) is 12.9. The Balaban J connectivity index is 2.79. The molecule has 0 saturated heterocycles. The molecule has 0 atom stereocenters. The second-order valence-electron chi connectivity index (χ2n) is 3.84. The first-order valence-electron chi connectivity index (χ1n) is 5.60. The number of nitrogens with one attached hydrogen (secondary N) is 2. The van der Waals surface area contributed by atoms with Crippen LogP contribution >= 0.6 is 23.4 Å². The van der Waals surface area contributed by atoms with Gasteiger partial charge in [-0.1, -0.05) is 25.4 Å². The van der Waals surface area contributed by atoms with E-state index in [-0.39, 0.29) is 15.3 Å². The summed E-state index contributed by atoms with van der Waals surface area (Å²) in [7, 11) is 0. The molecule has 96 valence electrons. The maximum Gasteiger partial charge on any atom is 0.271 e. The number of anilines is 1. The minimum Gasteiger partial charge on any atom is -0.367 e. The van der Waals surface area contributed by atoms with Gasteiger partial charge < -0.3 is 10.3 Å². The topological polar surface area (TPSA) is 57.8 Å². The normalized spacial score (nSPS) is 11.5. The minimum atomic E-state index is -0.313. The second-order valence-corrected chi connectivity index (χ2v) is 5.49. The average molecular weight is 276 g/mol. The molecular formula is C11H18ClN3OS. The van der Waals surface area contributed by atoms with Gasteiger partial charge in [-0.2, -0.15) is 11.8 Å². The third-order valence-electron chi connectivity index (χ3n) is 3.10. The fourth-order valence-electron chi connectivity index (χ4n) is 1.61. The largest absolute Gasteiger partial charge is 0.367 e. The number of thioether (sulfide) groups is 1. The van der Waals surface area contributed by atoms with Gasteiger partial charge in [0.05, 0.1) is 6.33 Å². The third-order valence-corrected chi connectivity index (χ3v) is 5.03. The Morgan fingerprint density at radius 2 is 2.18 bits per heavy atom. The molecule has 0 radical (unpaired) electrons. The summed E-state index contributed by atoms with van der Waals surface area (Å²) in [6, 6.07) is 0. The first kappa shape index (κ1) is 14.4. The number of nitrogens with zero attached hydrogens (tertiary/aromatic N) is 1. The summed E-state index contributed by atoms with van der Waals surface area (Å²) in [5.74, 6) is 0.454. The first-order valence-corrected chi connectivity index (χ1v) is 7.21. The molecular weight excluding hydrogens is 258 g/mol. The molecule has 17 heavy (non-hydrogen) atoms. The van der Waals surface area contributed by atoms with Gasteiger partial charge in [0.25, 0.3) is 5.56 Å². The molecule has 0 unspecified atom stereocenters. The van der Waals surface area contributed by atoms with Crippen LogP contribution in [0.5, 0.6) is 0 Å². The summed E-state index contributed by atoms with van der Waals surface area (Å²) in [6.45, 7) is 5.07. The highest BCUT2D eigenvalue weighted by Crippen LogP contribution is 2.30. The number of hydrogen-bond donors (Lipinski definition) is 2. The molecule has 0 aliphatic carbocycles. The van der Waals surface area contributed by atoms with Gasteiger partial charge in [0.15, 0.2) is 5.82 Å². The van der Waals surface area contributed by atoms with Crippen molar-refractivity contribution in [2.75, 3.05) is 18.1 Å². The Labute approximate surface area is 111 Å². The van der Waals surface area contributed by atoms with Gasteiger partial charge in [0.1, 0.15) is 5.02 Å². The number of halogens is 1. The Bertz CT molecular complexity index is 409. The Morgan fingerprint density at radius 1 is 1.53 bits per heavy atom. The van der Waals surface area contributed by atoms with Gasteiger partial charge >= 0.3 is 0 Å². The van der Waals surface area contributed by atoms with Gasteiger partial charge in [-0.15, -0.1) is 0 Å². The van der Waals surface area contributed by atoms with Crippen molar-refractivity contribution >= 4 is 29.2 Å². The summed E-state index contributed by atoms with van der Waals surface area (Å²) in [4.78, 5) is 17.8. The van der Waals surface area contributed by atoms with Crippen molar-refractivity contribution in [1.82, 2.24) is 9.97 Å². The van der Waals surface area contributed by atoms with E-state index in [1.54, 1.807) is 0 Å². The SMILES string of the molecule is CCC(CC)(CNc1nc[nH]c(=O)c1Cl)SC. The van der Waals surface area contributed by atoms with E-state index in [4.69, 9.17) is 11.6 Å². The lowest BCUT2D eigenvalue weighted by Gasteiger charge is -2.30. The molecule has 6 heteroatoms. The Morgan fingerprint density at radius 3 is 2.71 bits per heavy atom. The molecule has 0 spiro atoms. The molecule has 0 fully saturated rings. The first-order chi connectivity index (χ1) is 8.08. The molecule has 1 heterocycles. The number of hydrogen-bond acceptors (Lipinski definition) is 4. The zero-order valence-corrected chi connectivity index (χ0v) is 11.9. The quantitative estimate of drug-likeness (QED) is 0.838. The van der Waals surface area contributed by atoms with Crippen molar-refractivity contribution in [2.24, 2.45) is 0 Å². The van der Waals surface area contributed by atoms with Gasteiger partial charge in [0.2, 0.25) is 0 Å². The van der Waals surface area contributed by atoms with E-state index in [1.165, 1.54) is 6.33 Å². The Kier molecular flexibility index (Phi) is 5.33. The maximum atomic E-state index is 11.3. The van der Waals surface area contributed by atoms with Crippen molar-refractivity contribution in [3.05, 3.63) is 21.7 Å². The number of aromatic nitrogens is 2. The van der Waals surface area contributed by atoms with Crippen LogP contribution in [-0.2, 0) is 0 Å². The molecule has 2 N–H and O–H groups in total. The molecule has 4 nitrogen and oxygen atoms in total. The van der Waals surface area contributed by atoms with Gasteiger partial charge in [-0.25, -0.2) is 4.98 Å². The predicted octanol–water partition coefficient (Wildman–Crippen LogP) is 2.76. The van der Waals surface area contributed by atoms with E-state index < -0.39 is 0 Å². The highest BCUT2D eigenvalue weighted by Gasteiger charge is 2.25. The standard InChI is InChI=1S/C11H18ClN3OS/c1-4-11(5-2,17-3)6-13-9-8(12)10(16)15-7-14-9/h7H,4-6H2,1-3H3,(H2,13,14,15,16). The summed E-state index contributed by atoms with van der Waals surface area (Å²) in [5.41, 5.74) is -0.313. The summed E-state index contributed by atoms with van der Waals surface area (Å²) >= 11 is 7.70. The van der Waals surface area contributed by atoms with Crippen LogP contribution in [0.15, 0.2) is 11.1 Å².